The summed E-state index contributed by atoms with van der Waals surface area (Å²) in [5, 5.41) is 0. The van der Waals surface area contributed by atoms with Gasteiger partial charge in [0, 0.05) is 19.8 Å². The maximum atomic E-state index is 6.16. The molecule has 0 aliphatic heterocycles. The van der Waals surface area contributed by atoms with Gasteiger partial charge in [-0.25, -0.2) is 0 Å². The lowest BCUT2D eigenvalue weighted by Gasteiger charge is -2.25. The molecule has 1 aliphatic carbocycles. The van der Waals surface area contributed by atoms with Crippen molar-refractivity contribution in [3.63, 3.8) is 0 Å². The number of unbranched alkanes of at least 4 members (excludes halogenated alkanes) is 15. The Bertz CT molecular complexity index is 426. The molecule has 3 heteroatoms. The van der Waals surface area contributed by atoms with Crippen molar-refractivity contribution in [2.24, 2.45) is 11.8 Å². The fraction of sp³-hybridized carbons (Fsp3) is 1.00. The lowest BCUT2D eigenvalue weighted by molar-refractivity contribution is -0.0422. The van der Waals surface area contributed by atoms with Crippen LogP contribution < -0.4 is 6.15 Å². The summed E-state index contributed by atoms with van der Waals surface area (Å²) >= 11 is 0. The van der Waals surface area contributed by atoms with E-state index in [0.717, 1.165) is 38.1 Å². The Kier molecular flexibility index (Phi) is 24.1. The molecule has 1 fully saturated rings. The van der Waals surface area contributed by atoms with Gasteiger partial charge in [-0.3, -0.25) is 0 Å². The van der Waals surface area contributed by atoms with Gasteiger partial charge < -0.3 is 15.6 Å². The minimum atomic E-state index is -0.0442. The van der Waals surface area contributed by atoms with Gasteiger partial charge in [0.25, 0.3) is 0 Å². The molecule has 0 aromatic carbocycles. The van der Waals surface area contributed by atoms with Crippen molar-refractivity contribution in [2.45, 2.75) is 175 Å². The Morgan fingerprint density at radius 3 is 1.49 bits per heavy atom. The van der Waals surface area contributed by atoms with Gasteiger partial charge in [0.1, 0.15) is 0 Å². The smallest absolute Gasteiger partial charge is 0.0648 e. The van der Waals surface area contributed by atoms with Gasteiger partial charge in [0.15, 0.2) is 0 Å². The minimum Gasteiger partial charge on any atom is -0.381 e. The summed E-state index contributed by atoms with van der Waals surface area (Å²) in [5.41, 5.74) is -0.0442. The van der Waals surface area contributed by atoms with Crippen molar-refractivity contribution in [3.8, 4) is 0 Å². The lowest BCUT2D eigenvalue weighted by Crippen LogP contribution is -2.27. The molecule has 0 aromatic rings. The van der Waals surface area contributed by atoms with Crippen LogP contribution in [0, 0.1) is 11.8 Å². The Morgan fingerprint density at radius 1 is 0.543 bits per heavy atom. The van der Waals surface area contributed by atoms with Gasteiger partial charge in [-0.2, -0.15) is 0 Å². The Labute approximate surface area is 221 Å². The monoisotopic (exact) mass is 498 g/mol. The van der Waals surface area contributed by atoms with Crippen LogP contribution in [0.5, 0.6) is 0 Å². The zero-order valence-electron chi connectivity index (χ0n) is 24.9. The summed E-state index contributed by atoms with van der Waals surface area (Å²) in [6, 6.07) is 0. The third-order valence-corrected chi connectivity index (χ3v) is 7.95. The van der Waals surface area contributed by atoms with Crippen molar-refractivity contribution >= 4 is 0 Å². The third kappa shape index (κ3) is 22.8. The molecule has 0 spiro atoms. The van der Waals surface area contributed by atoms with E-state index in [1.165, 1.54) is 128 Å². The molecule has 0 radical (unpaired) electrons. The molecule has 0 saturated heterocycles. The van der Waals surface area contributed by atoms with Crippen molar-refractivity contribution in [3.05, 3.63) is 0 Å². The van der Waals surface area contributed by atoms with Crippen LogP contribution >= 0.6 is 0 Å². The topological polar surface area (TPSA) is 53.5 Å². The maximum Gasteiger partial charge on any atom is 0.0648 e. The van der Waals surface area contributed by atoms with E-state index < -0.39 is 0 Å². The molecule has 0 heterocycles. The molecule has 212 valence electrons. The van der Waals surface area contributed by atoms with Crippen LogP contribution in [0.1, 0.15) is 169 Å². The van der Waals surface area contributed by atoms with Crippen LogP contribution in [0.25, 0.3) is 0 Å². The van der Waals surface area contributed by atoms with Crippen molar-refractivity contribution in [1.82, 2.24) is 6.15 Å². The molecule has 0 bridgehead atoms. The predicted octanol–water partition coefficient (Wildman–Crippen LogP) is 10.8. The van der Waals surface area contributed by atoms with Gasteiger partial charge in [0.2, 0.25) is 0 Å². The zero-order valence-corrected chi connectivity index (χ0v) is 24.9. The molecular weight excluding hydrogens is 430 g/mol. The number of hydrogen-bond acceptors (Lipinski definition) is 3. The second kappa shape index (κ2) is 24.2. The van der Waals surface area contributed by atoms with Crippen LogP contribution in [-0.4, -0.2) is 25.4 Å². The first-order chi connectivity index (χ1) is 16.6. The Morgan fingerprint density at radius 2 is 0.971 bits per heavy atom. The molecule has 3 N–H and O–H groups in total. The summed E-state index contributed by atoms with van der Waals surface area (Å²) in [5.74, 6) is 2.20. The first-order valence-corrected chi connectivity index (χ1v) is 15.8. The van der Waals surface area contributed by atoms with Crippen LogP contribution in [-0.2, 0) is 9.47 Å². The van der Waals surface area contributed by atoms with Gasteiger partial charge in [0.05, 0.1) is 5.60 Å². The number of ether oxygens (including phenoxy) is 2. The molecule has 1 aliphatic rings. The first-order valence-electron chi connectivity index (χ1n) is 15.8. The van der Waals surface area contributed by atoms with Gasteiger partial charge in [-0.1, -0.05) is 129 Å². The number of rotatable bonds is 27. The molecule has 1 saturated carbocycles. The van der Waals surface area contributed by atoms with E-state index >= 15 is 0 Å². The highest BCUT2D eigenvalue weighted by Crippen LogP contribution is 2.45. The number of hydrogen-bond donors (Lipinski definition) is 1. The highest BCUT2D eigenvalue weighted by atomic mass is 16.5. The normalized spacial score (nSPS) is 17.5. The highest BCUT2D eigenvalue weighted by Gasteiger charge is 2.34. The zero-order chi connectivity index (χ0) is 24.7. The highest BCUT2D eigenvalue weighted by molar-refractivity contribution is 4.85. The van der Waals surface area contributed by atoms with Crippen LogP contribution in [0.15, 0.2) is 0 Å². The Hall–Kier alpha value is -0.120. The van der Waals surface area contributed by atoms with Crippen molar-refractivity contribution in [2.75, 3.05) is 19.8 Å². The summed E-state index contributed by atoms with van der Waals surface area (Å²) < 4.78 is 12.0. The van der Waals surface area contributed by atoms with E-state index in [1.54, 1.807) is 6.42 Å². The minimum absolute atomic E-state index is 0. The van der Waals surface area contributed by atoms with Crippen LogP contribution in [0.3, 0.4) is 0 Å². The molecule has 0 amide bonds. The summed E-state index contributed by atoms with van der Waals surface area (Å²) in [7, 11) is 0. The second-order valence-corrected chi connectivity index (χ2v) is 12.0. The van der Waals surface area contributed by atoms with Gasteiger partial charge >= 0.3 is 0 Å². The second-order valence-electron chi connectivity index (χ2n) is 12.0. The van der Waals surface area contributed by atoms with E-state index in [0.29, 0.717) is 0 Å². The molecule has 35 heavy (non-hydrogen) atoms. The van der Waals surface area contributed by atoms with Gasteiger partial charge in [-0.15, -0.1) is 0 Å². The van der Waals surface area contributed by atoms with E-state index in [9.17, 15) is 0 Å². The lowest BCUT2D eigenvalue weighted by atomic mass is 10.0. The molecular formula is C32H67NO2. The van der Waals surface area contributed by atoms with Crippen LogP contribution in [0.2, 0.25) is 0 Å². The summed E-state index contributed by atoms with van der Waals surface area (Å²) in [6.07, 6.45) is 30.6. The maximum absolute atomic E-state index is 6.16. The quantitative estimate of drug-likeness (QED) is 0.115. The average Bonchev–Trinajstić information content (AvgIpc) is 3.57. The fourth-order valence-electron chi connectivity index (χ4n) is 5.25. The van der Waals surface area contributed by atoms with E-state index in [-0.39, 0.29) is 11.8 Å². The third-order valence-electron chi connectivity index (χ3n) is 7.95. The summed E-state index contributed by atoms with van der Waals surface area (Å²) in [6.45, 7) is 11.7. The first kappa shape index (κ1) is 34.9. The van der Waals surface area contributed by atoms with E-state index in [1.807, 2.05) is 0 Å². The largest absolute Gasteiger partial charge is 0.381 e. The molecule has 3 nitrogen and oxygen atoms in total. The average molecular weight is 498 g/mol. The van der Waals surface area contributed by atoms with Crippen molar-refractivity contribution in [1.29, 1.82) is 0 Å². The molecule has 0 aromatic heterocycles. The Balaban J connectivity index is 0.0000116. The molecule has 1 rings (SSSR count). The van der Waals surface area contributed by atoms with Gasteiger partial charge in [-0.05, 0) is 51.4 Å². The molecule has 2 atom stereocenters. The standard InChI is InChI=1S/C32H64O2.H3N/c1-5-7-9-11-15-19-23-30-29-31(30)24-20-16-13-14-18-22-27-34-32(3,4)25-28-33-26-21-17-12-10-8-6-2;/h30-31H,5-29H2,1-4H3;1H3. The molecule has 2 unspecified atom stereocenters. The fourth-order valence-corrected chi connectivity index (χ4v) is 5.25. The van der Waals surface area contributed by atoms with E-state index in [4.69, 9.17) is 9.47 Å². The van der Waals surface area contributed by atoms with E-state index in [2.05, 4.69) is 27.7 Å². The SMILES string of the molecule is CCCCCCCCOCCC(C)(C)OCCCCCCCCC1CC1CCCCCCCC.N. The summed E-state index contributed by atoms with van der Waals surface area (Å²) in [4.78, 5) is 0. The van der Waals surface area contributed by atoms with Crippen LogP contribution in [0.4, 0.5) is 0 Å². The predicted molar refractivity (Wildman–Crippen MR) is 156 cm³/mol. The van der Waals surface area contributed by atoms with Crippen molar-refractivity contribution < 1.29 is 9.47 Å².